The van der Waals surface area contributed by atoms with Gasteiger partial charge in [-0.1, -0.05) is 33.6 Å². The molecule has 2 nitrogen and oxygen atoms in total. The van der Waals surface area contributed by atoms with Gasteiger partial charge in [-0.25, -0.2) is 0 Å². The molecule has 2 heteroatoms. The largest absolute Gasteiger partial charge is 0.351 e. The van der Waals surface area contributed by atoms with Crippen LogP contribution < -0.4 is 5.73 Å². The quantitative estimate of drug-likeness (QED) is 0.857. The molecule has 0 aliphatic heterocycles. The number of hydrogen-bond acceptors (Lipinski definition) is 1. The van der Waals surface area contributed by atoms with E-state index >= 15 is 0 Å². The van der Waals surface area contributed by atoms with Crippen molar-refractivity contribution < 1.29 is 0 Å². The monoisotopic (exact) mass is 274 g/mol. The van der Waals surface area contributed by atoms with Crippen molar-refractivity contribution in [1.82, 2.24) is 4.57 Å². The highest BCUT2D eigenvalue weighted by atomic mass is 15.0. The highest BCUT2D eigenvalue weighted by Crippen LogP contribution is 2.40. The summed E-state index contributed by atoms with van der Waals surface area (Å²) in [6.07, 6.45) is 10.2. The number of nitrogens with zero attached hydrogens (tertiary/aromatic N) is 1. The smallest absolute Gasteiger partial charge is 0.0318 e. The van der Waals surface area contributed by atoms with Gasteiger partial charge in [0.15, 0.2) is 0 Å². The Morgan fingerprint density at radius 3 is 2.65 bits per heavy atom. The first kappa shape index (κ1) is 14.2. The maximum atomic E-state index is 6.37. The second-order valence-corrected chi connectivity index (χ2v) is 8.15. The van der Waals surface area contributed by atoms with E-state index < -0.39 is 0 Å². The third kappa shape index (κ3) is 2.81. The lowest BCUT2D eigenvalue weighted by Crippen LogP contribution is -2.31. The van der Waals surface area contributed by atoms with Crippen LogP contribution in [0.4, 0.5) is 0 Å². The zero-order chi connectivity index (χ0) is 14.3. The number of rotatable bonds is 2. The summed E-state index contributed by atoms with van der Waals surface area (Å²) in [6, 6.07) is 2.52. The average molecular weight is 274 g/mol. The van der Waals surface area contributed by atoms with E-state index in [9.17, 15) is 0 Å². The second-order valence-electron chi connectivity index (χ2n) is 8.15. The number of nitrogens with two attached hydrogens (primary N) is 1. The van der Waals surface area contributed by atoms with E-state index in [-0.39, 0.29) is 6.04 Å². The zero-order valence-electron chi connectivity index (χ0n) is 13.4. The third-order valence-electron chi connectivity index (χ3n) is 5.52. The topological polar surface area (TPSA) is 30.9 Å². The van der Waals surface area contributed by atoms with Gasteiger partial charge in [-0.3, -0.25) is 0 Å². The lowest BCUT2D eigenvalue weighted by Gasteiger charge is -2.35. The van der Waals surface area contributed by atoms with Gasteiger partial charge < -0.3 is 10.3 Å². The highest BCUT2D eigenvalue weighted by molar-refractivity contribution is 5.30. The van der Waals surface area contributed by atoms with Crippen LogP contribution in [0.25, 0.3) is 0 Å². The summed E-state index contributed by atoms with van der Waals surface area (Å²) in [6.45, 7) is 8.32. The molecule has 2 N–H and O–H groups in total. The van der Waals surface area contributed by atoms with Crippen LogP contribution >= 0.6 is 0 Å². The van der Waals surface area contributed by atoms with E-state index in [1.807, 2.05) is 0 Å². The van der Waals surface area contributed by atoms with Crippen LogP contribution in [0.2, 0.25) is 0 Å². The van der Waals surface area contributed by atoms with Crippen LogP contribution in [0.1, 0.15) is 70.2 Å². The van der Waals surface area contributed by atoms with E-state index in [1.165, 1.54) is 49.9 Å². The van der Waals surface area contributed by atoms with Crippen LogP contribution in [0, 0.1) is 17.3 Å². The first-order valence-corrected chi connectivity index (χ1v) is 8.38. The van der Waals surface area contributed by atoms with Crippen molar-refractivity contribution in [3.05, 3.63) is 23.5 Å². The molecule has 0 saturated heterocycles. The molecule has 112 valence electrons. The van der Waals surface area contributed by atoms with Crippen molar-refractivity contribution in [1.29, 1.82) is 0 Å². The third-order valence-corrected chi connectivity index (χ3v) is 5.52. The fourth-order valence-electron chi connectivity index (χ4n) is 4.26. The zero-order valence-corrected chi connectivity index (χ0v) is 13.4. The Labute approximate surface area is 123 Å². The second kappa shape index (κ2) is 5.22. The Morgan fingerprint density at radius 2 is 1.95 bits per heavy atom. The SMILES string of the molecule is CC1CCC(Cn2ccc3c2CC(C)(C)CC3N)CC1. The van der Waals surface area contributed by atoms with E-state index in [1.54, 1.807) is 0 Å². The molecule has 0 aromatic carbocycles. The van der Waals surface area contributed by atoms with Gasteiger partial charge in [0.05, 0.1) is 0 Å². The molecule has 2 aliphatic carbocycles. The van der Waals surface area contributed by atoms with Gasteiger partial charge in [-0.2, -0.15) is 0 Å². The van der Waals surface area contributed by atoms with Crippen molar-refractivity contribution >= 4 is 0 Å². The lowest BCUT2D eigenvalue weighted by atomic mass is 9.74. The lowest BCUT2D eigenvalue weighted by molar-refractivity contribution is 0.248. The summed E-state index contributed by atoms with van der Waals surface area (Å²) in [7, 11) is 0. The van der Waals surface area contributed by atoms with Gasteiger partial charge in [0, 0.05) is 24.5 Å². The van der Waals surface area contributed by atoms with Crippen LogP contribution in [0.3, 0.4) is 0 Å². The summed E-state index contributed by atoms with van der Waals surface area (Å²) in [5, 5.41) is 0. The van der Waals surface area contributed by atoms with Crippen LogP contribution in [-0.2, 0) is 13.0 Å². The molecule has 1 aromatic rings. The van der Waals surface area contributed by atoms with Gasteiger partial charge in [-0.15, -0.1) is 0 Å². The van der Waals surface area contributed by atoms with Gasteiger partial charge in [0.25, 0.3) is 0 Å². The molecular weight excluding hydrogens is 244 g/mol. The molecule has 3 rings (SSSR count). The Balaban J connectivity index is 1.75. The van der Waals surface area contributed by atoms with E-state index in [0.717, 1.165) is 18.3 Å². The number of hydrogen-bond donors (Lipinski definition) is 1. The summed E-state index contributed by atoms with van der Waals surface area (Å²) < 4.78 is 2.52. The molecule has 1 aromatic heterocycles. The normalized spacial score (nSPS) is 32.9. The standard InChI is InChI=1S/C18H30N2/c1-13-4-6-14(7-5-13)12-20-9-8-15-16(19)10-18(2,3)11-17(15)20/h8-9,13-14,16H,4-7,10-12,19H2,1-3H3. The highest BCUT2D eigenvalue weighted by Gasteiger charge is 2.32. The van der Waals surface area contributed by atoms with Crippen molar-refractivity contribution in [2.24, 2.45) is 23.0 Å². The molecule has 0 bridgehead atoms. The van der Waals surface area contributed by atoms with Gasteiger partial charge >= 0.3 is 0 Å². The molecule has 1 heterocycles. The minimum Gasteiger partial charge on any atom is -0.351 e. The number of fused-ring (bicyclic) bond motifs is 1. The maximum absolute atomic E-state index is 6.37. The van der Waals surface area contributed by atoms with Crippen LogP contribution in [0.15, 0.2) is 12.3 Å². The molecule has 2 aliphatic rings. The molecule has 0 spiro atoms. The average Bonchev–Trinajstić information content (AvgIpc) is 2.74. The minimum atomic E-state index is 0.237. The van der Waals surface area contributed by atoms with E-state index in [0.29, 0.717) is 5.41 Å². The van der Waals surface area contributed by atoms with E-state index in [2.05, 4.69) is 37.6 Å². The molecule has 1 saturated carbocycles. The summed E-state index contributed by atoms with van der Waals surface area (Å²) in [5.74, 6) is 1.82. The maximum Gasteiger partial charge on any atom is 0.0318 e. The van der Waals surface area contributed by atoms with Gasteiger partial charge in [0.2, 0.25) is 0 Å². The summed E-state index contributed by atoms with van der Waals surface area (Å²) in [5.41, 5.74) is 9.66. The molecule has 1 unspecified atom stereocenters. The van der Waals surface area contributed by atoms with Crippen LogP contribution in [-0.4, -0.2) is 4.57 Å². The van der Waals surface area contributed by atoms with Crippen LogP contribution in [0.5, 0.6) is 0 Å². The Bertz CT molecular complexity index is 464. The van der Waals surface area contributed by atoms with Crippen molar-refractivity contribution in [2.75, 3.05) is 0 Å². The molecule has 0 radical (unpaired) electrons. The Kier molecular flexibility index (Phi) is 3.70. The molecule has 1 fully saturated rings. The molecule has 1 atom stereocenters. The fraction of sp³-hybridized carbons (Fsp3) is 0.778. The first-order valence-electron chi connectivity index (χ1n) is 8.38. The molecular formula is C18H30N2. The predicted molar refractivity (Wildman–Crippen MR) is 84.6 cm³/mol. The fourth-order valence-corrected chi connectivity index (χ4v) is 4.26. The molecule has 0 amide bonds. The number of aromatic nitrogens is 1. The Morgan fingerprint density at radius 1 is 1.25 bits per heavy atom. The molecule has 20 heavy (non-hydrogen) atoms. The summed E-state index contributed by atoms with van der Waals surface area (Å²) >= 11 is 0. The first-order chi connectivity index (χ1) is 9.44. The van der Waals surface area contributed by atoms with E-state index in [4.69, 9.17) is 5.73 Å². The van der Waals surface area contributed by atoms with Crippen molar-refractivity contribution in [2.45, 2.75) is 71.9 Å². The summed E-state index contributed by atoms with van der Waals surface area (Å²) in [4.78, 5) is 0. The van der Waals surface area contributed by atoms with Gasteiger partial charge in [-0.05, 0) is 54.6 Å². The minimum absolute atomic E-state index is 0.237. The predicted octanol–water partition coefficient (Wildman–Crippen LogP) is 4.29. The Hall–Kier alpha value is -0.760. The van der Waals surface area contributed by atoms with Crippen molar-refractivity contribution in [3.63, 3.8) is 0 Å². The van der Waals surface area contributed by atoms with Gasteiger partial charge in [0.1, 0.15) is 0 Å². The van der Waals surface area contributed by atoms with Crippen molar-refractivity contribution in [3.8, 4) is 0 Å².